The molecule has 0 saturated carbocycles. The van der Waals surface area contributed by atoms with E-state index in [0.29, 0.717) is 0 Å². The van der Waals surface area contributed by atoms with Gasteiger partial charge in [-0.1, -0.05) is 6.07 Å². The summed E-state index contributed by atoms with van der Waals surface area (Å²) in [6.45, 7) is 0. The number of hydrogen-bond acceptors (Lipinski definition) is 5. The number of rotatable bonds is 3. The number of carbonyl (C=O) groups excluding carboxylic acids is 1. The lowest BCUT2D eigenvalue weighted by Gasteiger charge is -2.16. The van der Waals surface area contributed by atoms with Gasteiger partial charge in [0.2, 0.25) is 0 Å². The zero-order valence-corrected chi connectivity index (χ0v) is 15.9. The van der Waals surface area contributed by atoms with Gasteiger partial charge in [-0.05, 0) is 66.8 Å². The van der Waals surface area contributed by atoms with Gasteiger partial charge >= 0.3 is 6.03 Å². The van der Waals surface area contributed by atoms with Crippen molar-refractivity contribution >= 4 is 27.4 Å². The third-order valence-electron chi connectivity index (χ3n) is 5.48. The molecule has 0 spiro atoms. The minimum absolute atomic E-state index is 0.133. The monoisotopic (exact) mass is 397 g/mol. The van der Waals surface area contributed by atoms with E-state index in [2.05, 4.69) is 26.2 Å². The van der Waals surface area contributed by atoms with Gasteiger partial charge in [0.1, 0.15) is 0 Å². The Morgan fingerprint density at radius 2 is 1.79 bits per heavy atom. The highest BCUT2D eigenvalue weighted by molar-refractivity contribution is 7.90. The van der Waals surface area contributed by atoms with E-state index in [1.54, 1.807) is 12.3 Å². The molecule has 8 nitrogen and oxygen atoms in total. The van der Waals surface area contributed by atoms with Crippen LogP contribution in [0.4, 0.5) is 10.5 Å². The average molecular weight is 397 g/mol. The van der Waals surface area contributed by atoms with Crippen LogP contribution in [-0.4, -0.2) is 29.0 Å². The molecule has 3 aromatic rings. The number of urea groups is 1. The van der Waals surface area contributed by atoms with E-state index in [-0.39, 0.29) is 10.5 Å². The van der Waals surface area contributed by atoms with Gasteiger partial charge in [-0.25, -0.2) is 27.4 Å². The fourth-order valence-corrected chi connectivity index (χ4v) is 5.26. The normalized spacial score (nSPS) is 15.4. The number of aryl methyl sites for hydroxylation is 2. The van der Waals surface area contributed by atoms with Crippen LogP contribution in [0.2, 0.25) is 0 Å². The molecule has 0 fully saturated rings. The van der Waals surface area contributed by atoms with E-state index < -0.39 is 16.1 Å². The highest BCUT2D eigenvalue weighted by Gasteiger charge is 2.27. The number of amides is 2. The minimum Gasteiger partial charge on any atom is -0.307 e. The molecule has 0 atom stereocenters. The van der Waals surface area contributed by atoms with Crippen LogP contribution in [0.1, 0.15) is 35.1 Å². The van der Waals surface area contributed by atoms with Crippen LogP contribution in [0.3, 0.4) is 0 Å². The first kappa shape index (κ1) is 17.2. The summed E-state index contributed by atoms with van der Waals surface area (Å²) in [5.74, 6) is 0. The maximum absolute atomic E-state index is 12.7. The van der Waals surface area contributed by atoms with Crippen LogP contribution >= 0.6 is 0 Å². The number of hydrogen-bond donors (Lipinski definition) is 2. The highest BCUT2D eigenvalue weighted by Crippen LogP contribution is 2.38. The smallest absolute Gasteiger partial charge is 0.307 e. The number of anilines is 1. The number of benzene rings is 1. The molecule has 2 aromatic heterocycles. The van der Waals surface area contributed by atoms with Gasteiger partial charge in [-0.15, -0.1) is 0 Å². The van der Waals surface area contributed by atoms with Crippen LogP contribution in [-0.2, 0) is 35.7 Å². The topological polar surface area (TPSA) is 105 Å². The van der Waals surface area contributed by atoms with Crippen LogP contribution in [0.25, 0.3) is 5.65 Å². The van der Waals surface area contributed by atoms with Crippen LogP contribution in [0, 0.1) is 0 Å². The first-order valence-electron chi connectivity index (χ1n) is 9.31. The first-order chi connectivity index (χ1) is 13.5. The first-order valence-corrected chi connectivity index (χ1v) is 10.8. The van der Waals surface area contributed by atoms with E-state index in [1.807, 2.05) is 0 Å². The SMILES string of the molecule is O=C(Nc1c2c(cc3c1CCC3)CCC2)NS(=O)(=O)c1cnn2cccnc12. The predicted molar refractivity (Wildman–Crippen MR) is 103 cm³/mol. The Labute approximate surface area is 162 Å². The second-order valence-corrected chi connectivity index (χ2v) is 8.84. The summed E-state index contributed by atoms with van der Waals surface area (Å²) in [5, 5.41) is 6.81. The third kappa shape index (κ3) is 2.73. The predicted octanol–water partition coefficient (Wildman–Crippen LogP) is 2.22. The van der Waals surface area contributed by atoms with Gasteiger partial charge in [-0.3, -0.25) is 0 Å². The number of aromatic nitrogens is 3. The maximum Gasteiger partial charge on any atom is 0.333 e. The maximum atomic E-state index is 12.7. The molecule has 144 valence electrons. The van der Waals surface area contributed by atoms with Gasteiger partial charge in [0.25, 0.3) is 10.0 Å². The fourth-order valence-electron chi connectivity index (χ4n) is 4.28. The van der Waals surface area contributed by atoms with Crippen molar-refractivity contribution in [2.24, 2.45) is 0 Å². The van der Waals surface area contributed by atoms with Crippen molar-refractivity contribution in [3.8, 4) is 0 Å². The Hall–Kier alpha value is -2.94. The van der Waals surface area contributed by atoms with Gasteiger partial charge in [0, 0.05) is 18.1 Å². The highest BCUT2D eigenvalue weighted by atomic mass is 32.2. The molecular formula is C19H19N5O3S. The third-order valence-corrected chi connectivity index (χ3v) is 6.80. The summed E-state index contributed by atoms with van der Waals surface area (Å²) in [6.07, 6.45) is 10.2. The molecular weight excluding hydrogens is 378 g/mol. The van der Waals surface area contributed by atoms with E-state index >= 15 is 0 Å². The van der Waals surface area contributed by atoms with Gasteiger partial charge in [0.15, 0.2) is 10.5 Å². The Morgan fingerprint density at radius 1 is 1.07 bits per heavy atom. The zero-order valence-electron chi connectivity index (χ0n) is 15.1. The summed E-state index contributed by atoms with van der Waals surface area (Å²) < 4.78 is 28.9. The molecule has 0 unspecified atom stereocenters. The van der Waals surface area contributed by atoms with E-state index in [9.17, 15) is 13.2 Å². The number of nitrogens with zero attached hydrogens (tertiary/aromatic N) is 3. The van der Waals surface area contributed by atoms with Gasteiger partial charge in [0.05, 0.1) is 6.20 Å². The lowest BCUT2D eigenvalue weighted by molar-refractivity contribution is 0.256. The van der Waals surface area contributed by atoms with Crippen molar-refractivity contribution in [2.45, 2.75) is 43.4 Å². The van der Waals surface area contributed by atoms with Crippen LogP contribution in [0.5, 0.6) is 0 Å². The second kappa shape index (κ2) is 6.30. The number of sulfonamides is 1. The number of nitrogens with one attached hydrogen (secondary N) is 2. The molecule has 2 N–H and O–H groups in total. The Balaban J connectivity index is 1.44. The van der Waals surface area contributed by atoms with Crippen LogP contribution < -0.4 is 10.0 Å². The molecule has 0 radical (unpaired) electrons. The Kier molecular flexibility index (Phi) is 3.87. The number of carbonyl (C=O) groups is 1. The summed E-state index contributed by atoms with van der Waals surface area (Å²) in [4.78, 5) is 16.5. The molecule has 28 heavy (non-hydrogen) atoms. The van der Waals surface area contributed by atoms with Crippen molar-refractivity contribution in [3.63, 3.8) is 0 Å². The lowest BCUT2D eigenvalue weighted by Crippen LogP contribution is -2.35. The quantitative estimate of drug-likeness (QED) is 0.705. The average Bonchev–Trinajstić information content (AvgIpc) is 3.39. The summed E-state index contributed by atoms with van der Waals surface area (Å²) >= 11 is 0. The molecule has 2 heterocycles. The standard InChI is InChI=1S/C19H19N5O3S/c25-19(23-28(26,27)16-11-21-24-9-3-8-20-18(16)24)22-17-14-6-1-4-12(14)10-13-5-2-7-15(13)17/h3,8-11H,1-2,4-7H2,(H2,22,23,25). The molecule has 0 saturated heterocycles. The van der Waals surface area contributed by atoms with Crippen molar-refractivity contribution in [2.75, 3.05) is 5.32 Å². The summed E-state index contributed by atoms with van der Waals surface area (Å²) in [7, 11) is -4.10. The Morgan fingerprint density at radius 3 is 2.50 bits per heavy atom. The molecule has 1 aromatic carbocycles. The van der Waals surface area contributed by atoms with Crippen molar-refractivity contribution < 1.29 is 13.2 Å². The van der Waals surface area contributed by atoms with Crippen LogP contribution in [0.15, 0.2) is 35.6 Å². The molecule has 2 amide bonds. The van der Waals surface area contributed by atoms with Crippen molar-refractivity contribution in [1.82, 2.24) is 19.3 Å². The molecule has 5 rings (SSSR count). The molecule has 0 bridgehead atoms. The minimum atomic E-state index is -4.10. The van der Waals surface area contributed by atoms with Gasteiger partial charge in [-0.2, -0.15) is 5.10 Å². The molecule has 2 aliphatic rings. The second-order valence-electron chi connectivity index (χ2n) is 7.19. The van der Waals surface area contributed by atoms with E-state index in [0.717, 1.165) is 55.3 Å². The van der Waals surface area contributed by atoms with E-state index in [4.69, 9.17) is 0 Å². The van der Waals surface area contributed by atoms with E-state index in [1.165, 1.54) is 28.0 Å². The molecule has 0 aliphatic heterocycles. The van der Waals surface area contributed by atoms with Crippen molar-refractivity contribution in [3.05, 3.63) is 53.0 Å². The summed E-state index contributed by atoms with van der Waals surface area (Å²) in [6, 6.07) is 3.15. The van der Waals surface area contributed by atoms with Gasteiger partial charge < -0.3 is 5.32 Å². The zero-order chi connectivity index (χ0) is 19.3. The lowest BCUT2D eigenvalue weighted by atomic mass is 9.99. The Bertz CT molecular complexity index is 1180. The number of fused-ring (bicyclic) bond motifs is 3. The fraction of sp³-hybridized carbons (Fsp3) is 0.316. The largest absolute Gasteiger partial charge is 0.333 e. The van der Waals surface area contributed by atoms with Crippen molar-refractivity contribution in [1.29, 1.82) is 0 Å². The molecule has 2 aliphatic carbocycles. The molecule has 9 heteroatoms. The summed E-state index contributed by atoms with van der Waals surface area (Å²) in [5.41, 5.74) is 5.80.